The molecule has 0 unspecified atom stereocenters. The van der Waals surface area contributed by atoms with Crippen molar-refractivity contribution in [2.75, 3.05) is 12.1 Å². The van der Waals surface area contributed by atoms with Crippen molar-refractivity contribution >= 4 is 40.2 Å². The second kappa shape index (κ2) is 5.17. The molecule has 0 radical (unpaired) electrons. The van der Waals surface area contributed by atoms with Gasteiger partial charge in [-0.05, 0) is 19.1 Å². The number of benzene rings is 2. The Hall–Kier alpha value is -2.62. The molecule has 0 amide bonds. The second-order valence-electron chi connectivity index (χ2n) is 4.34. The van der Waals surface area contributed by atoms with Crippen molar-refractivity contribution < 1.29 is 4.42 Å². The molecule has 1 aromatic heterocycles. The van der Waals surface area contributed by atoms with Gasteiger partial charge in [-0.25, -0.2) is 5.01 Å². The molecule has 3 rings (SSSR count). The Balaban J connectivity index is 2.30. The van der Waals surface area contributed by atoms with E-state index < -0.39 is 0 Å². The van der Waals surface area contributed by atoms with Crippen LogP contribution in [0.25, 0.3) is 21.9 Å². The molecule has 0 saturated heterocycles. The molecule has 0 aliphatic rings. The Morgan fingerprint density at radius 3 is 2.65 bits per heavy atom. The molecule has 0 aliphatic carbocycles. The summed E-state index contributed by atoms with van der Waals surface area (Å²) < 4.78 is 5.98. The lowest BCUT2D eigenvalue weighted by Crippen LogP contribution is -2.13. The first-order valence-electron chi connectivity index (χ1n) is 6.45. The third kappa shape index (κ3) is 1.95. The highest BCUT2D eigenvalue weighted by Gasteiger charge is 2.13. The molecule has 0 aliphatic heterocycles. The molecule has 0 fully saturated rings. The van der Waals surface area contributed by atoms with E-state index in [1.54, 1.807) is 24.6 Å². The molecule has 0 N–H and O–H groups in total. The van der Waals surface area contributed by atoms with E-state index in [0.29, 0.717) is 0 Å². The van der Waals surface area contributed by atoms with E-state index in [1.165, 1.54) is 0 Å². The minimum Gasteiger partial charge on any atom is -0.454 e. The number of para-hydroxylation sites is 2. The van der Waals surface area contributed by atoms with Crippen LogP contribution >= 0.6 is 0 Å². The Bertz CT molecular complexity index is 790. The van der Waals surface area contributed by atoms with Gasteiger partial charge in [0.25, 0.3) is 0 Å². The van der Waals surface area contributed by atoms with Crippen molar-refractivity contribution in [3.8, 4) is 0 Å². The molecule has 4 heteroatoms. The van der Waals surface area contributed by atoms with Crippen LogP contribution in [0, 0.1) is 0 Å². The predicted octanol–water partition coefficient (Wildman–Crippen LogP) is 4.06. The van der Waals surface area contributed by atoms with E-state index in [0.717, 1.165) is 27.6 Å². The minimum atomic E-state index is 0.819. The number of fused-ring (bicyclic) bond motifs is 3. The van der Waals surface area contributed by atoms with E-state index in [2.05, 4.69) is 22.2 Å². The number of hydrogen-bond donors (Lipinski definition) is 0. The maximum Gasteiger partial charge on any atom is 0.161 e. The van der Waals surface area contributed by atoms with Crippen molar-refractivity contribution in [1.29, 1.82) is 0 Å². The Labute approximate surface area is 117 Å². The Kier molecular flexibility index (Phi) is 3.21. The Morgan fingerprint density at radius 1 is 1.05 bits per heavy atom. The smallest absolute Gasteiger partial charge is 0.161 e. The van der Waals surface area contributed by atoms with Gasteiger partial charge in [-0.15, -0.1) is 0 Å². The molecule has 0 atom stereocenters. The summed E-state index contributed by atoms with van der Waals surface area (Å²) in [6, 6.07) is 14.0. The average Bonchev–Trinajstić information content (AvgIpc) is 2.85. The van der Waals surface area contributed by atoms with Gasteiger partial charge in [0.15, 0.2) is 5.58 Å². The first kappa shape index (κ1) is 12.4. The first-order chi connectivity index (χ1) is 9.85. The van der Waals surface area contributed by atoms with Gasteiger partial charge in [-0.3, -0.25) is 4.99 Å². The number of rotatable bonds is 3. The number of aliphatic imine (C=N–C) groups is 1. The standard InChI is InChI=1S/C16H15N3O/c1-3-18-19(11-17-2)14-9-6-8-13-12-7-4-5-10-15(12)20-16(13)14/h3-11H,1-2H3/b17-11+,18-3-. The van der Waals surface area contributed by atoms with E-state index in [-0.39, 0.29) is 0 Å². The summed E-state index contributed by atoms with van der Waals surface area (Å²) in [7, 11) is 1.72. The minimum absolute atomic E-state index is 0.819. The van der Waals surface area contributed by atoms with Gasteiger partial charge in [-0.1, -0.05) is 30.3 Å². The summed E-state index contributed by atoms with van der Waals surface area (Å²) in [5.74, 6) is 0. The van der Waals surface area contributed by atoms with E-state index in [9.17, 15) is 0 Å². The first-order valence-corrected chi connectivity index (χ1v) is 6.45. The Morgan fingerprint density at radius 2 is 1.85 bits per heavy atom. The van der Waals surface area contributed by atoms with Gasteiger partial charge in [0.05, 0.1) is 0 Å². The molecule has 0 bridgehead atoms. The van der Waals surface area contributed by atoms with Gasteiger partial charge in [0.2, 0.25) is 0 Å². The third-order valence-corrected chi connectivity index (χ3v) is 3.10. The molecule has 0 saturated carbocycles. The van der Waals surface area contributed by atoms with Crippen molar-refractivity contribution in [1.82, 2.24) is 0 Å². The summed E-state index contributed by atoms with van der Waals surface area (Å²) in [5, 5.41) is 8.21. The zero-order chi connectivity index (χ0) is 13.9. The zero-order valence-electron chi connectivity index (χ0n) is 11.4. The van der Waals surface area contributed by atoms with Crippen LogP contribution in [0.2, 0.25) is 0 Å². The summed E-state index contributed by atoms with van der Waals surface area (Å²) in [4.78, 5) is 4.04. The summed E-state index contributed by atoms with van der Waals surface area (Å²) in [6.07, 6.45) is 3.39. The number of hydrazone groups is 1. The fourth-order valence-corrected chi connectivity index (χ4v) is 2.30. The van der Waals surface area contributed by atoms with Crippen LogP contribution < -0.4 is 5.01 Å². The van der Waals surface area contributed by atoms with Crippen LogP contribution in [0.1, 0.15) is 6.92 Å². The zero-order valence-corrected chi connectivity index (χ0v) is 11.4. The molecule has 2 aromatic carbocycles. The molecular weight excluding hydrogens is 250 g/mol. The SMILES string of the molecule is C/C=N\N(/C=N/C)c1cccc2c1oc1ccccc12. The van der Waals surface area contributed by atoms with E-state index >= 15 is 0 Å². The summed E-state index contributed by atoms with van der Waals surface area (Å²) in [5.41, 5.74) is 2.57. The van der Waals surface area contributed by atoms with Gasteiger partial charge in [-0.2, -0.15) is 5.10 Å². The third-order valence-electron chi connectivity index (χ3n) is 3.10. The molecule has 3 aromatic rings. The lowest BCUT2D eigenvalue weighted by Gasteiger charge is -2.12. The van der Waals surface area contributed by atoms with Crippen molar-refractivity contribution in [3.05, 3.63) is 42.5 Å². The molecule has 0 spiro atoms. The van der Waals surface area contributed by atoms with Crippen molar-refractivity contribution in [2.45, 2.75) is 6.92 Å². The molecule has 4 nitrogen and oxygen atoms in total. The quantitative estimate of drug-likeness (QED) is 0.407. The maximum atomic E-state index is 5.98. The normalized spacial score (nSPS) is 12.1. The molecule has 1 heterocycles. The van der Waals surface area contributed by atoms with Crippen LogP contribution in [-0.4, -0.2) is 19.6 Å². The van der Waals surface area contributed by atoms with Crippen molar-refractivity contribution in [2.24, 2.45) is 10.1 Å². The number of hydrogen-bond acceptors (Lipinski definition) is 3. The molecular formula is C16H15N3O. The van der Waals surface area contributed by atoms with Crippen LogP contribution in [0.15, 0.2) is 57.0 Å². The van der Waals surface area contributed by atoms with Gasteiger partial charge in [0, 0.05) is 24.0 Å². The van der Waals surface area contributed by atoms with Gasteiger partial charge >= 0.3 is 0 Å². The number of anilines is 1. The predicted molar refractivity (Wildman–Crippen MR) is 84.8 cm³/mol. The lowest BCUT2D eigenvalue weighted by molar-refractivity contribution is 0.668. The topological polar surface area (TPSA) is 41.1 Å². The van der Waals surface area contributed by atoms with Crippen LogP contribution in [0.4, 0.5) is 5.69 Å². The fraction of sp³-hybridized carbons (Fsp3) is 0.125. The van der Waals surface area contributed by atoms with Crippen molar-refractivity contribution in [3.63, 3.8) is 0 Å². The van der Waals surface area contributed by atoms with E-state index in [4.69, 9.17) is 4.42 Å². The monoisotopic (exact) mass is 265 g/mol. The fourth-order valence-electron chi connectivity index (χ4n) is 2.30. The average molecular weight is 265 g/mol. The number of furan rings is 1. The highest BCUT2D eigenvalue weighted by atomic mass is 16.3. The lowest BCUT2D eigenvalue weighted by atomic mass is 10.1. The van der Waals surface area contributed by atoms with Crippen LogP contribution in [-0.2, 0) is 0 Å². The molecule has 20 heavy (non-hydrogen) atoms. The van der Waals surface area contributed by atoms with Gasteiger partial charge < -0.3 is 4.42 Å². The maximum absolute atomic E-state index is 5.98. The second-order valence-corrected chi connectivity index (χ2v) is 4.34. The highest BCUT2D eigenvalue weighted by Crippen LogP contribution is 2.34. The van der Waals surface area contributed by atoms with Crippen LogP contribution in [0.5, 0.6) is 0 Å². The molecule has 100 valence electrons. The van der Waals surface area contributed by atoms with E-state index in [1.807, 2.05) is 37.3 Å². The van der Waals surface area contributed by atoms with Gasteiger partial charge in [0.1, 0.15) is 17.6 Å². The number of nitrogens with zero attached hydrogens (tertiary/aromatic N) is 3. The summed E-state index contributed by atoms with van der Waals surface area (Å²) in [6.45, 7) is 1.87. The highest BCUT2D eigenvalue weighted by molar-refractivity contribution is 6.10. The van der Waals surface area contributed by atoms with Crippen LogP contribution in [0.3, 0.4) is 0 Å². The largest absolute Gasteiger partial charge is 0.454 e. The summed E-state index contributed by atoms with van der Waals surface area (Å²) >= 11 is 0.